The minimum Gasteiger partial charge on any atom is -0.309 e. The van der Waals surface area contributed by atoms with Crippen molar-refractivity contribution in [2.24, 2.45) is 0 Å². The fraction of sp³-hybridized carbons (Fsp3) is 0.0164. The van der Waals surface area contributed by atoms with Crippen molar-refractivity contribution in [3.8, 4) is 39.1 Å². The second kappa shape index (κ2) is 12.2. The van der Waals surface area contributed by atoms with E-state index in [4.69, 9.17) is 0 Å². The highest BCUT2D eigenvalue weighted by molar-refractivity contribution is 7.26. The molecule has 0 unspecified atom stereocenters. The first kappa shape index (κ1) is 33.9. The van der Waals surface area contributed by atoms with E-state index in [2.05, 4.69) is 217 Å². The summed E-state index contributed by atoms with van der Waals surface area (Å²) >= 11 is 1.90. The van der Waals surface area contributed by atoms with Gasteiger partial charge in [-0.15, -0.1) is 11.3 Å². The molecule has 13 aromatic rings. The van der Waals surface area contributed by atoms with Crippen molar-refractivity contribution in [2.45, 2.75) is 5.41 Å². The standard InChI is InChI=1S/C61H35NS/c1-3-16-41-39(14-1)40-15-2-4-17-42(40)49-35-56-51(34-48(41)49)50-33-37(29-30-55(50)61(56)53-24-9-5-18-43(53)44-19-6-10-25-54(44)61)62-57-26-11-7-20-45(57)52-32-36(28-31-58(52)62)38-22-13-23-47-46-21-8-12-27-59(46)63-60(38)47/h1-35H. The van der Waals surface area contributed by atoms with Crippen LogP contribution < -0.4 is 0 Å². The van der Waals surface area contributed by atoms with Gasteiger partial charge in [0.1, 0.15) is 0 Å². The Morgan fingerprint density at radius 2 is 0.841 bits per heavy atom. The second-order valence-corrected chi connectivity index (χ2v) is 18.5. The topological polar surface area (TPSA) is 4.93 Å². The molecule has 1 spiro atoms. The van der Waals surface area contributed by atoms with Crippen LogP contribution in [0.3, 0.4) is 0 Å². The van der Waals surface area contributed by atoms with Crippen LogP contribution in [0, 0.1) is 0 Å². The summed E-state index contributed by atoms with van der Waals surface area (Å²) in [5.74, 6) is 0. The molecule has 2 heteroatoms. The van der Waals surface area contributed by atoms with E-state index in [9.17, 15) is 0 Å². The fourth-order valence-corrected chi connectivity index (χ4v) is 13.3. The lowest BCUT2D eigenvalue weighted by Gasteiger charge is -2.31. The predicted octanol–water partition coefficient (Wildman–Crippen LogP) is 16.6. The average Bonchev–Trinajstić information content (AvgIpc) is 4.07. The van der Waals surface area contributed by atoms with Crippen LogP contribution >= 0.6 is 11.3 Å². The minimum absolute atomic E-state index is 0.458. The predicted molar refractivity (Wildman–Crippen MR) is 268 cm³/mol. The molecule has 0 bridgehead atoms. The van der Waals surface area contributed by atoms with Gasteiger partial charge in [-0.25, -0.2) is 0 Å². The molecule has 2 aliphatic carbocycles. The summed E-state index contributed by atoms with van der Waals surface area (Å²) in [5, 5.41) is 13.0. The van der Waals surface area contributed by atoms with Crippen LogP contribution in [0.5, 0.6) is 0 Å². The van der Waals surface area contributed by atoms with Gasteiger partial charge < -0.3 is 4.57 Å². The van der Waals surface area contributed by atoms with Crippen molar-refractivity contribution in [1.82, 2.24) is 4.57 Å². The molecule has 2 heterocycles. The molecular weight excluding hydrogens is 779 g/mol. The lowest BCUT2D eigenvalue weighted by Crippen LogP contribution is -2.25. The molecule has 0 aliphatic heterocycles. The van der Waals surface area contributed by atoms with E-state index in [0.717, 1.165) is 0 Å². The average molecular weight is 814 g/mol. The molecule has 0 N–H and O–H groups in total. The number of nitrogens with zero attached hydrogens (tertiary/aromatic N) is 1. The molecule has 63 heavy (non-hydrogen) atoms. The molecule has 15 rings (SSSR count). The molecule has 0 atom stereocenters. The lowest BCUT2D eigenvalue weighted by molar-refractivity contribution is 0.795. The van der Waals surface area contributed by atoms with Gasteiger partial charge in [-0.2, -0.15) is 0 Å². The summed E-state index contributed by atoms with van der Waals surface area (Å²) in [6.07, 6.45) is 0. The van der Waals surface area contributed by atoms with Crippen molar-refractivity contribution >= 4 is 85.6 Å². The zero-order valence-electron chi connectivity index (χ0n) is 34.1. The summed E-state index contributed by atoms with van der Waals surface area (Å²) < 4.78 is 5.17. The van der Waals surface area contributed by atoms with Gasteiger partial charge in [0.05, 0.1) is 16.4 Å². The Morgan fingerprint density at radius 1 is 0.302 bits per heavy atom. The van der Waals surface area contributed by atoms with Crippen molar-refractivity contribution in [1.29, 1.82) is 0 Å². The molecule has 1 nitrogen and oxygen atoms in total. The molecule has 290 valence electrons. The van der Waals surface area contributed by atoms with E-state index in [-0.39, 0.29) is 0 Å². The summed E-state index contributed by atoms with van der Waals surface area (Å²) in [6.45, 7) is 0. The highest BCUT2D eigenvalue weighted by Crippen LogP contribution is 2.64. The van der Waals surface area contributed by atoms with E-state index < -0.39 is 5.41 Å². The van der Waals surface area contributed by atoms with E-state index in [0.29, 0.717) is 0 Å². The highest BCUT2D eigenvalue weighted by atomic mass is 32.1. The number of fused-ring (bicyclic) bond motifs is 22. The van der Waals surface area contributed by atoms with Crippen LogP contribution in [0.1, 0.15) is 22.3 Å². The van der Waals surface area contributed by atoms with Crippen LogP contribution in [-0.4, -0.2) is 4.57 Å². The quantitative estimate of drug-likeness (QED) is 0.153. The number of hydrogen-bond acceptors (Lipinski definition) is 1. The normalized spacial score (nSPS) is 13.5. The van der Waals surface area contributed by atoms with Crippen LogP contribution in [0.15, 0.2) is 212 Å². The molecule has 0 saturated carbocycles. The minimum atomic E-state index is -0.458. The Morgan fingerprint density at radius 3 is 1.59 bits per heavy atom. The van der Waals surface area contributed by atoms with Crippen molar-refractivity contribution in [2.75, 3.05) is 0 Å². The monoisotopic (exact) mass is 813 g/mol. The van der Waals surface area contributed by atoms with Gasteiger partial charge in [0, 0.05) is 36.6 Å². The number of rotatable bonds is 2. The Labute approximate surface area is 367 Å². The van der Waals surface area contributed by atoms with Crippen LogP contribution in [0.25, 0.3) is 113 Å². The number of aromatic nitrogens is 1. The molecule has 11 aromatic carbocycles. The SMILES string of the molecule is c1ccc2c(c1)-c1ccccc1C21c2ccc(-n3c4ccccc4c4cc(-c5cccc6c5sc5ccccc56)ccc43)cc2-c2cc3c4ccccc4c4ccccc4c3cc21. The molecule has 0 fully saturated rings. The third-order valence-electron chi connectivity index (χ3n) is 14.6. The first-order valence-electron chi connectivity index (χ1n) is 21.9. The van der Waals surface area contributed by atoms with Crippen LogP contribution in [0.4, 0.5) is 0 Å². The molecule has 2 aliphatic rings. The van der Waals surface area contributed by atoms with Gasteiger partial charge in [0.2, 0.25) is 0 Å². The molecule has 0 radical (unpaired) electrons. The van der Waals surface area contributed by atoms with Gasteiger partial charge in [0.25, 0.3) is 0 Å². The van der Waals surface area contributed by atoms with Crippen LogP contribution in [-0.2, 0) is 5.41 Å². The van der Waals surface area contributed by atoms with Gasteiger partial charge >= 0.3 is 0 Å². The zero-order valence-corrected chi connectivity index (χ0v) is 34.9. The first-order chi connectivity index (χ1) is 31.3. The van der Waals surface area contributed by atoms with Crippen molar-refractivity contribution in [3.05, 3.63) is 235 Å². The van der Waals surface area contributed by atoms with E-state index >= 15 is 0 Å². The van der Waals surface area contributed by atoms with Crippen molar-refractivity contribution in [3.63, 3.8) is 0 Å². The summed E-state index contributed by atoms with van der Waals surface area (Å²) in [4.78, 5) is 0. The number of thiophene rings is 1. The summed E-state index contributed by atoms with van der Waals surface area (Å²) in [5.41, 5.74) is 16.4. The molecule has 0 amide bonds. The van der Waals surface area contributed by atoms with Crippen LogP contribution in [0.2, 0.25) is 0 Å². The third-order valence-corrected chi connectivity index (χ3v) is 15.8. The maximum Gasteiger partial charge on any atom is 0.0725 e. The van der Waals surface area contributed by atoms with Gasteiger partial charge in [-0.1, -0.05) is 164 Å². The Balaban J connectivity index is 1.02. The largest absolute Gasteiger partial charge is 0.309 e. The van der Waals surface area contributed by atoms with Gasteiger partial charge in [0.15, 0.2) is 0 Å². The Kier molecular flexibility index (Phi) is 6.56. The number of benzene rings is 11. The molecule has 0 saturated heterocycles. The zero-order chi connectivity index (χ0) is 41.0. The Bertz CT molecular complexity index is 4110. The number of hydrogen-bond donors (Lipinski definition) is 0. The van der Waals surface area contributed by atoms with E-state index in [1.165, 1.54) is 136 Å². The Hall–Kier alpha value is -7.78. The molecular formula is C61H35NS. The maximum atomic E-state index is 2.57. The van der Waals surface area contributed by atoms with Gasteiger partial charge in [-0.3, -0.25) is 0 Å². The number of para-hydroxylation sites is 1. The maximum absolute atomic E-state index is 2.57. The smallest absolute Gasteiger partial charge is 0.0725 e. The lowest BCUT2D eigenvalue weighted by atomic mass is 9.70. The fourth-order valence-electron chi connectivity index (χ4n) is 12.1. The summed E-state index contributed by atoms with van der Waals surface area (Å²) in [7, 11) is 0. The highest BCUT2D eigenvalue weighted by Gasteiger charge is 2.52. The van der Waals surface area contributed by atoms with Crippen molar-refractivity contribution < 1.29 is 0 Å². The first-order valence-corrected chi connectivity index (χ1v) is 22.7. The van der Waals surface area contributed by atoms with Gasteiger partial charge in [-0.05, 0) is 136 Å². The molecule has 2 aromatic heterocycles. The third kappa shape index (κ3) is 4.26. The second-order valence-electron chi connectivity index (χ2n) is 17.5. The summed E-state index contributed by atoms with van der Waals surface area (Å²) in [6, 6.07) is 80.3. The van der Waals surface area contributed by atoms with E-state index in [1.807, 2.05) is 11.3 Å². The van der Waals surface area contributed by atoms with E-state index in [1.54, 1.807) is 0 Å².